The Labute approximate surface area is 103 Å². The van der Waals surface area contributed by atoms with E-state index in [1.807, 2.05) is 12.4 Å². The highest BCUT2D eigenvalue weighted by atomic mass is 15.2. The number of anilines is 1. The van der Waals surface area contributed by atoms with Crippen molar-refractivity contribution < 1.29 is 0 Å². The first-order valence-electron chi connectivity index (χ1n) is 6.48. The Morgan fingerprint density at radius 1 is 1.41 bits per heavy atom. The van der Waals surface area contributed by atoms with E-state index in [0.717, 1.165) is 24.6 Å². The molecule has 0 saturated carbocycles. The first-order chi connectivity index (χ1) is 8.16. The summed E-state index contributed by atoms with van der Waals surface area (Å²) >= 11 is 0. The van der Waals surface area contributed by atoms with E-state index in [0.29, 0.717) is 12.1 Å². The minimum absolute atomic E-state index is 0.482. The third-order valence-electron chi connectivity index (χ3n) is 3.23. The van der Waals surface area contributed by atoms with Gasteiger partial charge in [0.2, 0.25) is 0 Å². The van der Waals surface area contributed by atoms with Gasteiger partial charge >= 0.3 is 0 Å². The van der Waals surface area contributed by atoms with Gasteiger partial charge in [0, 0.05) is 25.2 Å². The SMILES string of the molecule is CC(C)NCc1cnc(N2CCCC2C)cn1. The van der Waals surface area contributed by atoms with Crippen LogP contribution < -0.4 is 10.2 Å². The Morgan fingerprint density at radius 3 is 2.76 bits per heavy atom. The lowest BCUT2D eigenvalue weighted by molar-refractivity contribution is 0.580. The molecule has 1 aromatic heterocycles. The monoisotopic (exact) mass is 234 g/mol. The molecule has 0 aromatic carbocycles. The lowest BCUT2D eigenvalue weighted by atomic mass is 10.2. The van der Waals surface area contributed by atoms with E-state index in [9.17, 15) is 0 Å². The van der Waals surface area contributed by atoms with E-state index in [1.165, 1.54) is 12.8 Å². The van der Waals surface area contributed by atoms with Gasteiger partial charge in [0.15, 0.2) is 0 Å². The summed E-state index contributed by atoms with van der Waals surface area (Å²) in [5.74, 6) is 1.02. The lowest BCUT2D eigenvalue weighted by Gasteiger charge is -2.22. The molecule has 1 aliphatic heterocycles. The molecule has 1 atom stereocenters. The topological polar surface area (TPSA) is 41.1 Å². The number of hydrogen-bond donors (Lipinski definition) is 1. The number of aromatic nitrogens is 2. The van der Waals surface area contributed by atoms with Crippen LogP contribution in [0.4, 0.5) is 5.82 Å². The van der Waals surface area contributed by atoms with Gasteiger partial charge in [-0.1, -0.05) is 13.8 Å². The van der Waals surface area contributed by atoms with Crippen LogP contribution in [0.25, 0.3) is 0 Å². The van der Waals surface area contributed by atoms with Crippen molar-refractivity contribution in [3.63, 3.8) is 0 Å². The molecule has 94 valence electrons. The average molecular weight is 234 g/mol. The van der Waals surface area contributed by atoms with Gasteiger partial charge in [-0.15, -0.1) is 0 Å². The van der Waals surface area contributed by atoms with E-state index in [-0.39, 0.29) is 0 Å². The van der Waals surface area contributed by atoms with Crippen LogP contribution in [-0.2, 0) is 6.54 Å². The molecule has 4 nitrogen and oxygen atoms in total. The fourth-order valence-corrected chi connectivity index (χ4v) is 2.17. The number of nitrogens with one attached hydrogen (secondary N) is 1. The quantitative estimate of drug-likeness (QED) is 0.864. The molecule has 1 fully saturated rings. The Balaban J connectivity index is 1.97. The molecule has 1 saturated heterocycles. The zero-order chi connectivity index (χ0) is 12.3. The molecule has 1 aromatic rings. The zero-order valence-corrected chi connectivity index (χ0v) is 11.0. The van der Waals surface area contributed by atoms with Crippen molar-refractivity contribution >= 4 is 5.82 Å². The average Bonchev–Trinajstić information content (AvgIpc) is 2.73. The molecule has 2 rings (SSSR count). The third kappa shape index (κ3) is 3.16. The molecule has 0 aliphatic carbocycles. The van der Waals surface area contributed by atoms with Crippen LogP contribution >= 0.6 is 0 Å². The second-order valence-electron chi connectivity index (χ2n) is 5.09. The van der Waals surface area contributed by atoms with E-state index >= 15 is 0 Å². The second kappa shape index (κ2) is 5.45. The highest BCUT2D eigenvalue weighted by Gasteiger charge is 2.21. The Kier molecular flexibility index (Phi) is 3.94. The standard InChI is InChI=1S/C13H22N4/c1-10(2)14-7-12-8-16-13(9-15-12)17-6-4-5-11(17)3/h8-11,14H,4-7H2,1-3H3. The lowest BCUT2D eigenvalue weighted by Crippen LogP contribution is -2.27. The summed E-state index contributed by atoms with van der Waals surface area (Å²) in [5.41, 5.74) is 1.01. The fourth-order valence-electron chi connectivity index (χ4n) is 2.17. The molecule has 0 bridgehead atoms. The molecule has 0 spiro atoms. The molecule has 1 aliphatic rings. The molecule has 1 N–H and O–H groups in total. The normalized spacial score (nSPS) is 20.2. The Hall–Kier alpha value is -1.16. The Morgan fingerprint density at radius 2 is 2.24 bits per heavy atom. The van der Waals surface area contributed by atoms with Crippen LogP contribution in [0.5, 0.6) is 0 Å². The van der Waals surface area contributed by atoms with Crippen LogP contribution in [0.3, 0.4) is 0 Å². The summed E-state index contributed by atoms with van der Waals surface area (Å²) < 4.78 is 0. The van der Waals surface area contributed by atoms with Crippen molar-refractivity contribution in [3.05, 3.63) is 18.1 Å². The predicted molar refractivity (Wildman–Crippen MR) is 70.0 cm³/mol. The molecule has 1 unspecified atom stereocenters. The minimum atomic E-state index is 0.482. The number of nitrogens with zero attached hydrogens (tertiary/aromatic N) is 3. The third-order valence-corrected chi connectivity index (χ3v) is 3.23. The van der Waals surface area contributed by atoms with Crippen LogP contribution in [0.15, 0.2) is 12.4 Å². The summed E-state index contributed by atoms with van der Waals surface area (Å²) in [5, 5.41) is 3.34. The maximum Gasteiger partial charge on any atom is 0.147 e. The van der Waals surface area contributed by atoms with Gasteiger partial charge in [-0.3, -0.25) is 4.98 Å². The van der Waals surface area contributed by atoms with Crippen LogP contribution in [0.1, 0.15) is 39.3 Å². The van der Waals surface area contributed by atoms with Crippen LogP contribution in [0.2, 0.25) is 0 Å². The maximum atomic E-state index is 4.51. The van der Waals surface area contributed by atoms with E-state index in [2.05, 4.69) is 41.0 Å². The van der Waals surface area contributed by atoms with Crippen molar-refractivity contribution in [3.8, 4) is 0 Å². The first-order valence-corrected chi connectivity index (χ1v) is 6.48. The van der Waals surface area contributed by atoms with E-state index in [1.54, 1.807) is 0 Å². The summed E-state index contributed by atoms with van der Waals surface area (Å²) in [6.07, 6.45) is 6.31. The molecular formula is C13H22N4. The maximum absolute atomic E-state index is 4.51. The molecule has 0 radical (unpaired) electrons. The minimum Gasteiger partial charge on any atom is -0.353 e. The highest BCUT2D eigenvalue weighted by Crippen LogP contribution is 2.22. The van der Waals surface area contributed by atoms with Gasteiger partial charge in [0.05, 0.1) is 18.1 Å². The largest absolute Gasteiger partial charge is 0.353 e. The highest BCUT2D eigenvalue weighted by molar-refractivity contribution is 5.38. The van der Waals surface area contributed by atoms with Gasteiger partial charge in [-0.05, 0) is 19.8 Å². The van der Waals surface area contributed by atoms with Crippen molar-refractivity contribution in [2.24, 2.45) is 0 Å². The van der Waals surface area contributed by atoms with Crippen molar-refractivity contribution in [1.29, 1.82) is 0 Å². The van der Waals surface area contributed by atoms with E-state index in [4.69, 9.17) is 0 Å². The van der Waals surface area contributed by atoms with Gasteiger partial charge < -0.3 is 10.2 Å². The predicted octanol–water partition coefficient (Wildman–Crippen LogP) is 1.96. The summed E-state index contributed by atoms with van der Waals surface area (Å²) in [7, 11) is 0. The fraction of sp³-hybridized carbons (Fsp3) is 0.692. The molecule has 4 heteroatoms. The van der Waals surface area contributed by atoms with Crippen LogP contribution in [0, 0.1) is 0 Å². The van der Waals surface area contributed by atoms with Crippen molar-refractivity contribution in [1.82, 2.24) is 15.3 Å². The van der Waals surface area contributed by atoms with Crippen molar-refractivity contribution in [2.75, 3.05) is 11.4 Å². The van der Waals surface area contributed by atoms with Gasteiger partial charge in [-0.25, -0.2) is 4.98 Å². The van der Waals surface area contributed by atoms with Crippen LogP contribution in [-0.4, -0.2) is 28.6 Å². The Bertz CT molecular complexity index is 347. The van der Waals surface area contributed by atoms with Gasteiger partial charge in [0.1, 0.15) is 5.82 Å². The summed E-state index contributed by atoms with van der Waals surface area (Å²) in [6.45, 7) is 8.42. The van der Waals surface area contributed by atoms with Gasteiger partial charge in [-0.2, -0.15) is 0 Å². The van der Waals surface area contributed by atoms with Gasteiger partial charge in [0.25, 0.3) is 0 Å². The molecule has 17 heavy (non-hydrogen) atoms. The number of rotatable bonds is 4. The van der Waals surface area contributed by atoms with Crippen molar-refractivity contribution in [2.45, 2.75) is 52.2 Å². The summed E-state index contributed by atoms with van der Waals surface area (Å²) in [4.78, 5) is 11.3. The first kappa shape index (κ1) is 12.3. The smallest absolute Gasteiger partial charge is 0.147 e. The second-order valence-corrected chi connectivity index (χ2v) is 5.09. The molecule has 0 amide bonds. The number of hydrogen-bond acceptors (Lipinski definition) is 4. The molecular weight excluding hydrogens is 212 g/mol. The summed E-state index contributed by atoms with van der Waals surface area (Å²) in [6, 6.07) is 1.08. The zero-order valence-electron chi connectivity index (χ0n) is 11.0. The van der Waals surface area contributed by atoms with E-state index < -0.39 is 0 Å². The molecule has 2 heterocycles.